The monoisotopic (exact) mass is 293 g/mol. The SMILES string of the molecule is Cc1ccc(C(O)CCN2C3CCC2CC(O)C3)cc1F. The minimum atomic E-state index is -0.619. The summed E-state index contributed by atoms with van der Waals surface area (Å²) in [6.45, 7) is 2.54. The molecule has 2 saturated heterocycles. The molecule has 4 heteroatoms. The highest BCUT2D eigenvalue weighted by Gasteiger charge is 2.39. The van der Waals surface area contributed by atoms with Crippen molar-refractivity contribution in [1.82, 2.24) is 4.90 Å². The van der Waals surface area contributed by atoms with Crippen LogP contribution in [-0.2, 0) is 0 Å². The molecule has 116 valence electrons. The quantitative estimate of drug-likeness (QED) is 0.896. The zero-order chi connectivity index (χ0) is 15.0. The standard InChI is InChI=1S/C17H24FNO2/c1-11-2-3-12(8-16(11)18)17(21)6-7-19-13-4-5-14(19)10-15(20)9-13/h2-3,8,13-15,17,20-21H,4-7,9-10H2,1H3. The average Bonchev–Trinajstić information content (AvgIpc) is 2.69. The Balaban J connectivity index is 1.59. The second-order valence-corrected chi connectivity index (χ2v) is 6.56. The zero-order valence-electron chi connectivity index (χ0n) is 12.5. The summed E-state index contributed by atoms with van der Waals surface area (Å²) in [5.41, 5.74) is 1.26. The lowest BCUT2D eigenvalue weighted by molar-refractivity contribution is 0.0266. The van der Waals surface area contributed by atoms with Gasteiger partial charge in [0.25, 0.3) is 0 Å². The van der Waals surface area contributed by atoms with Gasteiger partial charge >= 0.3 is 0 Å². The Bertz CT molecular complexity index is 494. The van der Waals surface area contributed by atoms with Gasteiger partial charge in [-0.25, -0.2) is 4.39 Å². The van der Waals surface area contributed by atoms with Gasteiger partial charge in [0, 0.05) is 18.6 Å². The van der Waals surface area contributed by atoms with E-state index in [1.165, 1.54) is 6.07 Å². The maximum absolute atomic E-state index is 13.6. The number of aliphatic hydroxyl groups is 2. The fourth-order valence-electron chi connectivity index (χ4n) is 3.86. The number of benzene rings is 1. The highest BCUT2D eigenvalue weighted by atomic mass is 19.1. The second-order valence-electron chi connectivity index (χ2n) is 6.56. The van der Waals surface area contributed by atoms with Crippen molar-refractivity contribution in [3.05, 3.63) is 35.1 Å². The van der Waals surface area contributed by atoms with Gasteiger partial charge in [0.1, 0.15) is 5.82 Å². The molecule has 2 aliphatic heterocycles. The Hall–Kier alpha value is -0.970. The number of hydrogen-bond acceptors (Lipinski definition) is 3. The van der Waals surface area contributed by atoms with Gasteiger partial charge in [0.2, 0.25) is 0 Å². The predicted molar refractivity (Wildman–Crippen MR) is 79.5 cm³/mol. The van der Waals surface area contributed by atoms with Gasteiger partial charge in [0.15, 0.2) is 0 Å². The summed E-state index contributed by atoms with van der Waals surface area (Å²) in [4.78, 5) is 2.43. The molecular weight excluding hydrogens is 269 g/mol. The Labute approximate surface area is 125 Å². The van der Waals surface area contributed by atoms with Crippen molar-refractivity contribution in [2.45, 2.75) is 63.3 Å². The number of piperidine rings is 1. The van der Waals surface area contributed by atoms with Gasteiger partial charge in [-0.05, 0) is 56.2 Å². The van der Waals surface area contributed by atoms with E-state index in [1.807, 2.05) is 0 Å². The summed E-state index contributed by atoms with van der Waals surface area (Å²) in [6.07, 6.45) is 3.85. The fraction of sp³-hybridized carbons (Fsp3) is 0.647. The Morgan fingerprint density at radius 1 is 1.29 bits per heavy atom. The molecule has 0 amide bonds. The number of hydrogen-bond donors (Lipinski definition) is 2. The molecule has 3 nitrogen and oxygen atoms in total. The topological polar surface area (TPSA) is 43.7 Å². The lowest BCUT2D eigenvalue weighted by Crippen LogP contribution is -2.45. The maximum Gasteiger partial charge on any atom is 0.126 e. The Morgan fingerprint density at radius 2 is 1.95 bits per heavy atom. The molecule has 3 unspecified atom stereocenters. The Kier molecular flexibility index (Phi) is 4.29. The molecule has 0 radical (unpaired) electrons. The van der Waals surface area contributed by atoms with Crippen molar-refractivity contribution in [3.63, 3.8) is 0 Å². The fourth-order valence-corrected chi connectivity index (χ4v) is 3.86. The second kappa shape index (κ2) is 6.03. The van der Waals surface area contributed by atoms with E-state index in [-0.39, 0.29) is 11.9 Å². The van der Waals surface area contributed by atoms with Crippen LogP contribution in [0.25, 0.3) is 0 Å². The molecule has 21 heavy (non-hydrogen) atoms. The molecule has 2 aliphatic rings. The molecule has 0 aliphatic carbocycles. The number of rotatable bonds is 4. The first-order chi connectivity index (χ1) is 10.0. The van der Waals surface area contributed by atoms with Gasteiger partial charge in [-0.2, -0.15) is 0 Å². The maximum atomic E-state index is 13.6. The van der Waals surface area contributed by atoms with Gasteiger partial charge in [0.05, 0.1) is 12.2 Å². The molecule has 1 aromatic rings. The van der Waals surface area contributed by atoms with Crippen LogP contribution in [-0.4, -0.2) is 39.8 Å². The molecule has 2 bridgehead atoms. The zero-order valence-corrected chi connectivity index (χ0v) is 12.5. The van der Waals surface area contributed by atoms with Crippen LogP contribution in [0, 0.1) is 12.7 Å². The van der Waals surface area contributed by atoms with Gasteiger partial charge in [-0.1, -0.05) is 12.1 Å². The van der Waals surface area contributed by atoms with E-state index < -0.39 is 6.10 Å². The molecule has 3 rings (SSSR count). The van der Waals surface area contributed by atoms with Gasteiger partial charge < -0.3 is 10.2 Å². The summed E-state index contributed by atoms with van der Waals surface area (Å²) in [7, 11) is 0. The van der Waals surface area contributed by atoms with Crippen molar-refractivity contribution < 1.29 is 14.6 Å². The minimum Gasteiger partial charge on any atom is -0.393 e. The molecule has 2 fully saturated rings. The van der Waals surface area contributed by atoms with E-state index in [4.69, 9.17) is 0 Å². The third-order valence-electron chi connectivity index (χ3n) is 5.10. The van der Waals surface area contributed by atoms with Crippen molar-refractivity contribution in [2.75, 3.05) is 6.54 Å². The van der Waals surface area contributed by atoms with E-state index in [9.17, 15) is 14.6 Å². The summed E-state index contributed by atoms with van der Waals surface area (Å²) in [5, 5.41) is 20.1. The van der Waals surface area contributed by atoms with Crippen LogP contribution in [0.15, 0.2) is 18.2 Å². The number of aryl methyl sites for hydroxylation is 1. The number of halogens is 1. The van der Waals surface area contributed by atoms with E-state index in [0.717, 1.165) is 32.2 Å². The minimum absolute atomic E-state index is 0.158. The summed E-state index contributed by atoms with van der Waals surface area (Å²) in [6, 6.07) is 5.88. The van der Waals surface area contributed by atoms with Crippen LogP contribution < -0.4 is 0 Å². The third-order valence-corrected chi connectivity index (χ3v) is 5.10. The van der Waals surface area contributed by atoms with Gasteiger partial charge in [-0.15, -0.1) is 0 Å². The van der Waals surface area contributed by atoms with Crippen molar-refractivity contribution in [3.8, 4) is 0 Å². The Morgan fingerprint density at radius 3 is 2.57 bits per heavy atom. The number of fused-ring (bicyclic) bond motifs is 2. The third kappa shape index (κ3) is 3.12. The average molecular weight is 293 g/mol. The van der Waals surface area contributed by atoms with Crippen molar-refractivity contribution in [2.24, 2.45) is 0 Å². The van der Waals surface area contributed by atoms with Crippen LogP contribution in [0.5, 0.6) is 0 Å². The molecule has 2 N–H and O–H groups in total. The smallest absolute Gasteiger partial charge is 0.126 e. The molecule has 0 aromatic heterocycles. The molecular formula is C17H24FNO2. The summed E-state index contributed by atoms with van der Waals surface area (Å²) >= 11 is 0. The molecule has 3 atom stereocenters. The van der Waals surface area contributed by atoms with Crippen LogP contribution >= 0.6 is 0 Å². The van der Waals surface area contributed by atoms with E-state index in [2.05, 4.69) is 4.90 Å². The normalized spacial score (nSPS) is 30.6. The van der Waals surface area contributed by atoms with Crippen LogP contribution in [0.2, 0.25) is 0 Å². The first-order valence-corrected chi connectivity index (χ1v) is 7.92. The van der Waals surface area contributed by atoms with Crippen molar-refractivity contribution >= 4 is 0 Å². The first-order valence-electron chi connectivity index (χ1n) is 7.92. The molecule has 2 heterocycles. The predicted octanol–water partition coefficient (Wildman–Crippen LogP) is 2.55. The van der Waals surface area contributed by atoms with Crippen LogP contribution in [0.1, 0.15) is 49.3 Å². The summed E-state index contributed by atoms with van der Waals surface area (Å²) in [5.74, 6) is -0.257. The number of aliphatic hydroxyl groups excluding tert-OH is 2. The lowest BCUT2D eigenvalue weighted by atomic mass is 9.98. The van der Waals surface area contributed by atoms with Crippen molar-refractivity contribution in [1.29, 1.82) is 0 Å². The number of nitrogens with zero attached hydrogens (tertiary/aromatic N) is 1. The van der Waals surface area contributed by atoms with Crippen LogP contribution in [0.4, 0.5) is 4.39 Å². The summed E-state index contributed by atoms with van der Waals surface area (Å²) < 4.78 is 13.6. The largest absolute Gasteiger partial charge is 0.393 e. The van der Waals surface area contributed by atoms with Gasteiger partial charge in [-0.3, -0.25) is 4.90 Å². The highest BCUT2D eigenvalue weighted by Crippen LogP contribution is 2.36. The lowest BCUT2D eigenvalue weighted by Gasteiger charge is -2.37. The molecule has 0 spiro atoms. The highest BCUT2D eigenvalue weighted by molar-refractivity contribution is 5.24. The first kappa shape index (κ1) is 14.9. The molecule has 1 aromatic carbocycles. The van der Waals surface area contributed by atoms with E-state index >= 15 is 0 Å². The van der Waals surface area contributed by atoms with E-state index in [0.29, 0.717) is 29.6 Å². The van der Waals surface area contributed by atoms with E-state index in [1.54, 1.807) is 19.1 Å². The van der Waals surface area contributed by atoms with Crippen LogP contribution in [0.3, 0.4) is 0 Å². The molecule has 0 saturated carbocycles.